The lowest BCUT2D eigenvalue weighted by molar-refractivity contribution is -0.114. The number of ether oxygens (including phenoxy) is 2. The molecule has 0 aromatic heterocycles. The van der Waals surface area contributed by atoms with Crippen LogP contribution >= 0.6 is 0 Å². The van der Waals surface area contributed by atoms with E-state index >= 15 is 0 Å². The Morgan fingerprint density at radius 1 is 1.42 bits per heavy atom. The lowest BCUT2D eigenvalue weighted by Crippen LogP contribution is -2.48. The summed E-state index contributed by atoms with van der Waals surface area (Å²) in [6.45, 7) is 9.20. The molecule has 1 N–H and O–H groups in total. The first kappa shape index (κ1) is 20.2. The largest absolute Gasteiger partial charge is 0.450 e. The zero-order valence-corrected chi connectivity index (χ0v) is 16.0. The smallest absolute Gasteiger partial charge is 0.412 e. The van der Waals surface area contributed by atoms with E-state index < -0.39 is 11.8 Å². The Hall–Kier alpha value is -2.15. The molecule has 6 nitrogen and oxygen atoms in total. The van der Waals surface area contributed by atoms with Crippen molar-refractivity contribution in [1.29, 1.82) is 0 Å². The van der Waals surface area contributed by atoms with Crippen molar-refractivity contribution in [3.05, 3.63) is 29.1 Å². The van der Waals surface area contributed by atoms with E-state index in [0.717, 1.165) is 5.56 Å². The average Bonchev–Trinajstić information content (AvgIpc) is 2.83. The molecule has 1 saturated heterocycles. The van der Waals surface area contributed by atoms with Crippen LogP contribution in [0.1, 0.15) is 45.2 Å². The predicted molar refractivity (Wildman–Crippen MR) is 96.4 cm³/mol. The van der Waals surface area contributed by atoms with Gasteiger partial charge in [-0.2, -0.15) is 0 Å². The number of carbonyl (C=O) groups excluding carboxylic acids is 2. The molecule has 0 saturated carbocycles. The number of anilines is 1. The van der Waals surface area contributed by atoms with Crippen LogP contribution in [0.5, 0.6) is 0 Å². The minimum atomic E-state index is -0.741. The third-order valence-electron chi connectivity index (χ3n) is 4.56. The molecule has 0 spiro atoms. The van der Waals surface area contributed by atoms with E-state index in [1.807, 2.05) is 13.8 Å². The lowest BCUT2D eigenvalue weighted by Gasteiger charge is -2.32. The van der Waals surface area contributed by atoms with Crippen LogP contribution in [0.4, 0.5) is 14.9 Å². The number of aryl methyl sites for hydroxylation is 1. The second kappa shape index (κ2) is 8.03. The van der Waals surface area contributed by atoms with Gasteiger partial charge < -0.3 is 14.8 Å². The van der Waals surface area contributed by atoms with Crippen molar-refractivity contribution in [2.24, 2.45) is 0 Å². The van der Waals surface area contributed by atoms with E-state index in [1.54, 1.807) is 24.8 Å². The number of benzene rings is 1. The molecule has 144 valence electrons. The highest BCUT2D eigenvalue weighted by molar-refractivity contribution is 5.88. The topological polar surface area (TPSA) is 67.9 Å². The Bertz CT molecular complexity index is 690. The Morgan fingerprint density at radius 3 is 2.73 bits per heavy atom. The van der Waals surface area contributed by atoms with Gasteiger partial charge in [-0.1, -0.05) is 0 Å². The number of hydrogen-bond donors (Lipinski definition) is 1. The molecule has 0 aliphatic carbocycles. The molecule has 1 aliphatic heterocycles. The fourth-order valence-corrected chi connectivity index (χ4v) is 3.25. The molecule has 7 heteroatoms. The standard InChI is InChI=1S/C19H27FN2O4/c1-6-25-18(24)22-16(11-26-19(22,4)5)8-7-14-9-15(21-13(3)23)10-17(20)12(14)2/h9-10,16H,6-8,11H2,1-5H3,(H,21,23)/t16-/m0/s1. The van der Waals surface area contributed by atoms with E-state index in [9.17, 15) is 14.0 Å². The van der Waals surface area contributed by atoms with Crippen molar-refractivity contribution < 1.29 is 23.5 Å². The van der Waals surface area contributed by atoms with Gasteiger partial charge >= 0.3 is 6.09 Å². The van der Waals surface area contributed by atoms with Crippen LogP contribution in [0.2, 0.25) is 0 Å². The minimum Gasteiger partial charge on any atom is -0.450 e. The summed E-state index contributed by atoms with van der Waals surface area (Å²) in [5.41, 5.74) is 1.03. The first-order chi connectivity index (χ1) is 12.2. The van der Waals surface area contributed by atoms with Crippen molar-refractivity contribution in [3.8, 4) is 0 Å². The number of hydrogen-bond acceptors (Lipinski definition) is 4. The average molecular weight is 366 g/mol. The van der Waals surface area contributed by atoms with Crippen molar-refractivity contribution in [1.82, 2.24) is 4.90 Å². The van der Waals surface area contributed by atoms with Gasteiger partial charge in [0.15, 0.2) is 0 Å². The quantitative estimate of drug-likeness (QED) is 0.864. The van der Waals surface area contributed by atoms with Crippen LogP contribution in [0.25, 0.3) is 0 Å². The summed E-state index contributed by atoms with van der Waals surface area (Å²) in [4.78, 5) is 25.1. The number of rotatable bonds is 5. The van der Waals surface area contributed by atoms with E-state index in [4.69, 9.17) is 9.47 Å². The van der Waals surface area contributed by atoms with Crippen LogP contribution in [-0.2, 0) is 20.7 Å². The summed E-state index contributed by atoms with van der Waals surface area (Å²) in [6.07, 6.45) is 0.747. The van der Waals surface area contributed by atoms with E-state index in [0.29, 0.717) is 37.3 Å². The molecular weight excluding hydrogens is 339 g/mol. The van der Waals surface area contributed by atoms with Gasteiger partial charge in [0.05, 0.1) is 19.3 Å². The first-order valence-corrected chi connectivity index (χ1v) is 8.82. The number of nitrogens with one attached hydrogen (secondary N) is 1. The van der Waals surface area contributed by atoms with Crippen LogP contribution in [0.15, 0.2) is 12.1 Å². The monoisotopic (exact) mass is 366 g/mol. The maximum absolute atomic E-state index is 14.2. The van der Waals surface area contributed by atoms with Gasteiger partial charge in [-0.15, -0.1) is 0 Å². The summed E-state index contributed by atoms with van der Waals surface area (Å²) in [5, 5.41) is 2.61. The maximum atomic E-state index is 14.2. The summed E-state index contributed by atoms with van der Waals surface area (Å²) in [5.74, 6) is -0.616. The highest BCUT2D eigenvalue weighted by Crippen LogP contribution is 2.31. The third-order valence-corrected chi connectivity index (χ3v) is 4.56. The van der Waals surface area contributed by atoms with Gasteiger partial charge in [0.2, 0.25) is 5.91 Å². The van der Waals surface area contributed by atoms with E-state index in [2.05, 4.69) is 5.32 Å². The van der Waals surface area contributed by atoms with Crippen molar-refractivity contribution in [2.75, 3.05) is 18.5 Å². The molecule has 1 atom stereocenters. The van der Waals surface area contributed by atoms with E-state index in [-0.39, 0.29) is 17.8 Å². The Labute approximate surface area is 153 Å². The summed E-state index contributed by atoms with van der Waals surface area (Å²) in [6, 6.07) is 2.93. The van der Waals surface area contributed by atoms with Crippen LogP contribution in [0, 0.1) is 12.7 Å². The molecule has 0 bridgehead atoms. The van der Waals surface area contributed by atoms with Gasteiger partial charge in [-0.05, 0) is 63.8 Å². The molecule has 1 heterocycles. The highest BCUT2D eigenvalue weighted by Gasteiger charge is 2.44. The number of amides is 2. The summed E-state index contributed by atoms with van der Waals surface area (Å²) < 4.78 is 25.1. The molecule has 0 radical (unpaired) electrons. The second-order valence-corrected chi connectivity index (χ2v) is 6.94. The van der Waals surface area contributed by atoms with Gasteiger partial charge in [0.25, 0.3) is 0 Å². The SMILES string of the molecule is CCOC(=O)N1[C@@H](CCc2cc(NC(C)=O)cc(F)c2C)COC1(C)C. The molecule has 1 aromatic rings. The third kappa shape index (κ3) is 4.52. The Kier molecular flexibility index (Phi) is 6.23. The van der Waals surface area contributed by atoms with Crippen LogP contribution in [-0.4, -0.2) is 41.9 Å². The van der Waals surface area contributed by atoms with E-state index in [1.165, 1.54) is 13.0 Å². The highest BCUT2D eigenvalue weighted by atomic mass is 19.1. The van der Waals surface area contributed by atoms with Crippen LogP contribution in [0.3, 0.4) is 0 Å². The van der Waals surface area contributed by atoms with Crippen LogP contribution < -0.4 is 5.32 Å². The Morgan fingerprint density at radius 2 is 2.12 bits per heavy atom. The van der Waals surface area contributed by atoms with Gasteiger partial charge in [-0.3, -0.25) is 9.69 Å². The fraction of sp³-hybridized carbons (Fsp3) is 0.579. The molecule has 2 rings (SSSR count). The van der Waals surface area contributed by atoms with Crippen molar-refractivity contribution >= 4 is 17.7 Å². The molecule has 1 fully saturated rings. The normalized spacial score (nSPS) is 18.7. The second-order valence-electron chi connectivity index (χ2n) is 6.94. The molecule has 2 amide bonds. The number of nitrogens with zero attached hydrogens (tertiary/aromatic N) is 1. The first-order valence-electron chi connectivity index (χ1n) is 8.82. The van der Waals surface area contributed by atoms with Gasteiger partial charge in [0, 0.05) is 12.6 Å². The maximum Gasteiger partial charge on any atom is 0.412 e. The number of carbonyl (C=O) groups is 2. The fourth-order valence-electron chi connectivity index (χ4n) is 3.25. The van der Waals surface area contributed by atoms with Crippen molar-refractivity contribution in [3.63, 3.8) is 0 Å². The number of halogens is 1. The molecule has 1 aromatic carbocycles. The molecule has 1 aliphatic rings. The zero-order chi connectivity index (χ0) is 19.5. The van der Waals surface area contributed by atoms with Crippen molar-refractivity contribution in [2.45, 2.75) is 59.2 Å². The molecular formula is C19H27FN2O4. The zero-order valence-electron chi connectivity index (χ0n) is 16.0. The summed E-state index contributed by atoms with van der Waals surface area (Å²) >= 11 is 0. The molecule has 0 unspecified atom stereocenters. The van der Waals surface area contributed by atoms with Gasteiger partial charge in [-0.25, -0.2) is 9.18 Å². The predicted octanol–water partition coefficient (Wildman–Crippen LogP) is 3.62. The summed E-state index contributed by atoms with van der Waals surface area (Å²) in [7, 11) is 0. The lowest BCUT2D eigenvalue weighted by atomic mass is 9.99. The molecule has 26 heavy (non-hydrogen) atoms. The minimum absolute atomic E-state index is 0.157. The van der Waals surface area contributed by atoms with Gasteiger partial charge in [0.1, 0.15) is 11.5 Å². The Balaban J connectivity index is 2.15.